The first-order valence-corrected chi connectivity index (χ1v) is 12.4. The van der Waals surface area contributed by atoms with E-state index >= 15 is 0 Å². The number of hydrogen-bond acceptors (Lipinski definition) is 4. The maximum atomic E-state index is 13.7. The van der Waals surface area contributed by atoms with E-state index in [2.05, 4.69) is 45.3 Å². The van der Waals surface area contributed by atoms with Crippen molar-refractivity contribution in [2.24, 2.45) is 0 Å². The number of carbonyl (C=O) groups excluding carboxylic acids is 2. The molecule has 1 atom stereocenters. The molecule has 0 bridgehead atoms. The van der Waals surface area contributed by atoms with E-state index in [-0.39, 0.29) is 17.9 Å². The molecule has 2 aromatic rings. The molecule has 2 amide bonds. The van der Waals surface area contributed by atoms with Crippen molar-refractivity contribution >= 4 is 11.8 Å². The molecule has 2 aromatic carbocycles. The fourth-order valence-electron chi connectivity index (χ4n) is 5.12. The third kappa shape index (κ3) is 5.63. The second kappa shape index (κ2) is 11.4. The van der Waals surface area contributed by atoms with Crippen molar-refractivity contribution in [1.29, 1.82) is 0 Å². The molecule has 2 aliphatic heterocycles. The summed E-state index contributed by atoms with van der Waals surface area (Å²) in [6.07, 6.45) is 6.70. The zero-order valence-corrected chi connectivity index (χ0v) is 19.4. The standard InChI is InChI=1S/C27H36N4O2/c32-25(24-16-10-19-28-24)29-18-8-3-9-20-31-21-11-17-27(26(33)30-31,22-12-4-1-5-13-22)23-14-6-2-7-15-23/h1-2,4-7,12-15,24,28H,3,8-11,16-21H2,(H,29,32)(H,30,33). The van der Waals surface area contributed by atoms with E-state index in [1.807, 2.05) is 36.4 Å². The van der Waals surface area contributed by atoms with Crippen molar-refractivity contribution in [2.45, 2.75) is 56.4 Å². The highest BCUT2D eigenvalue weighted by atomic mass is 16.2. The minimum absolute atomic E-state index is 0.00759. The maximum Gasteiger partial charge on any atom is 0.249 e. The Morgan fingerprint density at radius 2 is 1.67 bits per heavy atom. The molecule has 0 saturated carbocycles. The molecule has 2 saturated heterocycles. The number of benzene rings is 2. The summed E-state index contributed by atoms with van der Waals surface area (Å²) in [7, 11) is 0. The number of rotatable bonds is 9. The van der Waals surface area contributed by atoms with Gasteiger partial charge in [0, 0.05) is 19.6 Å². The molecule has 0 aromatic heterocycles. The summed E-state index contributed by atoms with van der Waals surface area (Å²) in [5, 5.41) is 8.36. The molecule has 2 aliphatic rings. The summed E-state index contributed by atoms with van der Waals surface area (Å²) < 4.78 is 0. The van der Waals surface area contributed by atoms with Gasteiger partial charge in [-0.25, -0.2) is 5.01 Å². The molecule has 6 heteroatoms. The molecule has 176 valence electrons. The predicted molar refractivity (Wildman–Crippen MR) is 130 cm³/mol. The average Bonchev–Trinajstić information content (AvgIpc) is 3.34. The van der Waals surface area contributed by atoms with Crippen molar-refractivity contribution in [3.8, 4) is 0 Å². The van der Waals surface area contributed by atoms with Crippen LogP contribution in [0.5, 0.6) is 0 Å². The highest BCUT2D eigenvalue weighted by molar-refractivity contribution is 5.92. The summed E-state index contributed by atoms with van der Waals surface area (Å²) in [5.41, 5.74) is 4.65. The van der Waals surface area contributed by atoms with Crippen molar-refractivity contribution in [3.63, 3.8) is 0 Å². The highest BCUT2D eigenvalue weighted by Crippen LogP contribution is 2.38. The van der Waals surface area contributed by atoms with Crippen LogP contribution in [0.2, 0.25) is 0 Å². The van der Waals surface area contributed by atoms with E-state index in [9.17, 15) is 9.59 Å². The summed E-state index contributed by atoms with van der Waals surface area (Å²) in [4.78, 5) is 25.7. The number of hydrogen-bond donors (Lipinski definition) is 3. The molecule has 33 heavy (non-hydrogen) atoms. The Morgan fingerprint density at radius 1 is 0.970 bits per heavy atom. The van der Waals surface area contributed by atoms with Crippen molar-refractivity contribution in [1.82, 2.24) is 21.1 Å². The van der Waals surface area contributed by atoms with Crippen LogP contribution in [0.15, 0.2) is 60.7 Å². The fourth-order valence-corrected chi connectivity index (χ4v) is 5.12. The molecule has 0 radical (unpaired) electrons. The van der Waals surface area contributed by atoms with Gasteiger partial charge >= 0.3 is 0 Å². The van der Waals surface area contributed by atoms with E-state index in [0.717, 1.165) is 75.7 Å². The van der Waals surface area contributed by atoms with Crippen LogP contribution in [0, 0.1) is 0 Å². The molecule has 2 fully saturated rings. The lowest BCUT2D eigenvalue weighted by Gasteiger charge is -2.32. The normalized spacial score (nSPS) is 20.7. The monoisotopic (exact) mass is 448 g/mol. The van der Waals surface area contributed by atoms with Crippen LogP contribution in [0.3, 0.4) is 0 Å². The van der Waals surface area contributed by atoms with E-state index in [1.165, 1.54) is 0 Å². The summed E-state index contributed by atoms with van der Waals surface area (Å²) in [6.45, 7) is 3.32. The SMILES string of the molecule is O=C(NCCCCCN1CCCC(c2ccccc2)(c2ccccc2)C(=O)N1)C1CCCN1. The first-order chi connectivity index (χ1) is 16.2. The van der Waals surface area contributed by atoms with E-state index in [4.69, 9.17) is 0 Å². The van der Waals surface area contributed by atoms with Gasteiger partial charge in [0.15, 0.2) is 0 Å². The van der Waals surface area contributed by atoms with Crippen LogP contribution in [0.1, 0.15) is 56.1 Å². The number of nitrogens with one attached hydrogen (secondary N) is 3. The van der Waals surface area contributed by atoms with E-state index in [1.54, 1.807) is 0 Å². The van der Waals surface area contributed by atoms with Crippen LogP contribution in [0.4, 0.5) is 0 Å². The molecular weight excluding hydrogens is 412 g/mol. The Bertz CT molecular complexity index is 857. The van der Waals surface area contributed by atoms with Gasteiger partial charge in [-0.2, -0.15) is 0 Å². The van der Waals surface area contributed by atoms with Gasteiger partial charge < -0.3 is 10.6 Å². The molecule has 1 unspecified atom stereocenters. The number of hydrazine groups is 1. The highest BCUT2D eigenvalue weighted by Gasteiger charge is 2.43. The Morgan fingerprint density at radius 3 is 2.30 bits per heavy atom. The predicted octanol–water partition coefficient (Wildman–Crippen LogP) is 3.14. The minimum atomic E-state index is -0.671. The Balaban J connectivity index is 1.30. The smallest absolute Gasteiger partial charge is 0.249 e. The van der Waals surface area contributed by atoms with Gasteiger partial charge in [0.05, 0.1) is 6.04 Å². The number of unbranched alkanes of at least 4 members (excludes halogenated alkanes) is 2. The first kappa shape index (κ1) is 23.5. The van der Waals surface area contributed by atoms with Gasteiger partial charge in [-0.15, -0.1) is 0 Å². The van der Waals surface area contributed by atoms with Crippen LogP contribution < -0.4 is 16.1 Å². The van der Waals surface area contributed by atoms with Gasteiger partial charge in [-0.05, 0) is 56.2 Å². The Hall–Kier alpha value is -2.70. The number of carbonyl (C=O) groups is 2. The molecule has 6 nitrogen and oxygen atoms in total. The third-order valence-electron chi connectivity index (χ3n) is 6.94. The minimum Gasteiger partial charge on any atom is -0.355 e. The summed E-state index contributed by atoms with van der Waals surface area (Å²) >= 11 is 0. The zero-order valence-electron chi connectivity index (χ0n) is 19.4. The van der Waals surface area contributed by atoms with E-state index < -0.39 is 5.41 Å². The summed E-state index contributed by atoms with van der Waals surface area (Å²) in [6, 6.07) is 20.3. The van der Waals surface area contributed by atoms with Crippen LogP contribution >= 0.6 is 0 Å². The second-order valence-corrected chi connectivity index (χ2v) is 9.17. The number of amides is 2. The third-order valence-corrected chi connectivity index (χ3v) is 6.94. The quantitative estimate of drug-likeness (QED) is 0.516. The van der Waals surface area contributed by atoms with Gasteiger partial charge in [0.1, 0.15) is 5.41 Å². The molecule has 0 aliphatic carbocycles. The van der Waals surface area contributed by atoms with Gasteiger partial charge in [-0.1, -0.05) is 67.1 Å². The molecule has 0 spiro atoms. The second-order valence-electron chi connectivity index (χ2n) is 9.17. The molecule has 3 N–H and O–H groups in total. The lowest BCUT2D eigenvalue weighted by Crippen LogP contribution is -2.49. The lowest BCUT2D eigenvalue weighted by molar-refractivity contribution is -0.129. The van der Waals surface area contributed by atoms with Crippen molar-refractivity contribution in [3.05, 3.63) is 71.8 Å². The fraction of sp³-hybridized carbons (Fsp3) is 0.481. The van der Waals surface area contributed by atoms with Crippen molar-refractivity contribution < 1.29 is 9.59 Å². The Kier molecular flexibility index (Phi) is 8.13. The molecule has 2 heterocycles. The molecular formula is C27H36N4O2. The molecule has 4 rings (SSSR count). The van der Waals surface area contributed by atoms with E-state index in [0.29, 0.717) is 6.54 Å². The van der Waals surface area contributed by atoms with Crippen LogP contribution in [0.25, 0.3) is 0 Å². The Labute approximate surface area is 197 Å². The van der Waals surface area contributed by atoms with Crippen molar-refractivity contribution in [2.75, 3.05) is 26.2 Å². The first-order valence-electron chi connectivity index (χ1n) is 12.4. The zero-order chi connectivity index (χ0) is 22.9. The maximum absolute atomic E-state index is 13.7. The van der Waals surface area contributed by atoms with Crippen LogP contribution in [-0.2, 0) is 15.0 Å². The van der Waals surface area contributed by atoms with Gasteiger partial charge in [0.25, 0.3) is 0 Å². The number of nitrogens with zero attached hydrogens (tertiary/aromatic N) is 1. The van der Waals surface area contributed by atoms with Crippen LogP contribution in [-0.4, -0.2) is 49.0 Å². The topological polar surface area (TPSA) is 73.5 Å². The van der Waals surface area contributed by atoms with Gasteiger partial charge in [-0.3, -0.25) is 15.0 Å². The largest absolute Gasteiger partial charge is 0.355 e. The summed E-state index contributed by atoms with van der Waals surface area (Å²) in [5.74, 6) is 0.180. The van der Waals surface area contributed by atoms with Gasteiger partial charge in [0.2, 0.25) is 11.8 Å². The lowest BCUT2D eigenvalue weighted by atomic mass is 9.71. The average molecular weight is 449 g/mol.